The Labute approximate surface area is 164 Å². The molecule has 1 aliphatic rings. The van der Waals surface area contributed by atoms with Gasteiger partial charge < -0.3 is 15.4 Å². The molecule has 0 unspecified atom stereocenters. The topological polar surface area (TPSA) is 64.3 Å². The molecule has 1 saturated heterocycles. The molecule has 0 atom stereocenters. The van der Waals surface area contributed by atoms with Crippen LogP contribution in [0.1, 0.15) is 12.6 Å². The zero-order chi connectivity index (χ0) is 19.5. The van der Waals surface area contributed by atoms with Gasteiger partial charge in [0.15, 0.2) is 0 Å². The second-order valence-electron chi connectivity index (χ2n) is 6.78. The molecule has 0 amide bonds. The van der Waals surface area contributed by atoms with Crippen LogP contribution in [0.5, 0.6) is 0 Å². The highest BCUT2D eigenvalue weighted by molar-refractivity contribution is 5.84. The molecule has 3 aromatic rings. The highest BCUT2D eigenvalue weighted by atomic mass is 19.1. The number of pyridine rings is 2. The van der Waals surface area contributed by atoms with E-state index >= 15 is 0 Å². The summed E-state index contributed by atoms with van der Waals surface area (Å²) < 4.78 is 19.5. The lowest BCUT2D eigenvalue weighted by Crippen LogP contribution is -2.36. The molecule has 0 saturated carbocycles. The second kappa shape index (κ2) is 7.94. The van der Waals surface area contributed by atoms with Crippen molar-refractivity contribution in [3.05, 3.63) is 60.2 Å². The van der Waals surface area contributed by atoms with Gasteiger partial charge in [-0.1, -0.05) is 13.0 Å². The van der Waals surface area contributed by atoms with Crippen molar-refractivity contribution in [3.8, 4) is 22.3 Å². The average molecular weight is 378 g/mol. The zero-order valence-corrected chi connectivity index (χ0v) is 15.9. The second-order valence-corrected chi connectivity index (χ2v) is 6.78. The summed E-state index contributed by atoms with van der Waals surface area (Å²) >= 11 is 0. The molecule has 0 bridgehead atoms. The number of nitrogens with zero attached hydrogens (tertiary/aromatic N) is 3. The Kier molecular flexibility index (Phi) is 5.21. The van der Waals surface area contributed by atoms with Crippen LogP contribution in [0.25, 0.3) is 22.3 Å². The summed E-state index contributed by atoms with van der Waals surface area (Å²) in [5.41, 5.74) is 10.2. The first-order chi connectivity index (χ1) is 13.7. The number of nitrogen functional groups attached to an aromatic ring is 1. The van der Waals surface area contributed by atoms with E-state index in [1.807, 2.05) is 31.3 Å². The number of benzene rings is 1. The predicted octanol–water partition coefficient (Wildman–Crippen LogP) is 3.93. The minimum Gasteiger partial charge on any atom is -0.384 e. The summed E-state index contributed by atoms with van der Waals surface area (Å²) in [6, 6.07) is 12.5. The van der Waals surface area contributed by atoms with E-state index in [-0.39, 0.29) is 5.82 Å². The Morgan fingerprint density at radius 1 is 1.04 bits per heavy atom. The predicted molar refractivity (Wildman–Crippen MR) is 110 cm³/mol. The van der Waals surface area contributed by atoms with Crippen LogP contribution in [0.4, 0.5) is 16.0 Å². The third kappa shape index (κ3) is 3.68. The van der Waals surface area contributed by atoms with E-state index in [9.17, 15) is 4.39 Å². The van der Waals surface area contributed by atoms with E-state index in [0.29, 0.717) is 12.2 Å². The number of hydrogen-bond acceptors (Lipinski definition) is 5. The monoisotopic (exact) mass is 378 g/mol. The Morgan fingerprint density at radius 3 is 2.54 bits per heavy atom. The van der Waals surface area contributed by atoms with E-state index in [4.69, 9.17) is 10.5 Å². The minimum atomic E-state index is -0.282. The van der Waals surface area contributed by atoms with Gasteiger partial charge in [0.25, 0.3) is 0 Å². The van der Waals surface area contributed by atoms with Crippen LogP contribution in [0.2, 0.25) is 0 Å². The van der Waals surface area contributed by atoms with Crippen molar-refractivity contribution in [2.24, 2.45) is 0 Å². The van der Waals surface area contributed by atoms with Gasteiger partial charge >= 0.3 is 0 Å². The number of ether oxygens (including phenoxy) is 1. The number of hydrogen-bond donors (Lipinski definition) is 1. The molecule has 2 N–H and O–H groups in total. The smallest absolute Gasteiger partial charge is 0.128 e. The molecule has 28 heavy (non-hydrogen) atoms. The van der Waals surface area contributed by atoms with Crippen molar-refractivity contribution in [2.75, 3.05) is 36.9 Å². The standard InChI is InChI=1S/C22H23FN4O/c1-2-20-18(6-7-21(24)26-20)19-13-16(23)4-5-17(19)15-3-8-22(25-14-15)27-9-11-28-12-10-27/h3-8,13-14H,2,9-12H2,1H3,(H2,24,26). The minimum absolute atomic E-state index is 0.282. The Morgan fingerprint density at radius 2 is 1.82 bits per heavy atom. The van der Waals surface area contributed by atoms with Gasteiger partial charge in [0.1, 0.15) is 17.5 Å². The van der Waals surface area contributed by atoms with Crippen LogP contribution in [0.3, 0.4) is 0 Å². The first-order valence-corrected chi connectivity index (χ1v) is 9.50. The number of anilines is 2. The summed E-state index contributed by atoms with van der Waals surface area (Å²) in [6.45, 7) is 5.13. The van der Waals surface area contributed by atoms with Crippen LogP contribution < -0.4 is 10.6 Å². The summed E-state index contributed by atoms with van der Waals surface area (Å²) in [6.07, 6.45) is 2.56. The Balaban J connectivity index is 1.75. The van der Waals surface area contributed by atoms with Gasteiger partial charge in [0.05, 0.1) is 18.9 Å². The number of aromatic nitrogens is 2. The Bertz CT molecular complexity index is 969. The molecule has 1 fully saturated rings. The quantitative estimate of drug-likeness (QED) is 0.745. The average Bonchev–Trinajstić information content (AvgIpc) is 2.74. The lowest BCUT2D eigenvalue weighted by molar-refractivity contribution is 0.122. The molecule has 3 heterocycles. The SMILES string of the molecule is CCc1nc(N)ccc1-c1cc(F)ccc1-c1ccc(N2CCOCC2)nc1. The fourth-order valence-corrected chi connectivity index (χ4v) is 3.55. The highest BCUT2D eigenvalue weighted by Crippen LogP contribution is 2.35. The Hall–Kier alpha value is -2.99. The molecule has 6 heteroatoms. The maximum atomic E-state index is 14.1. The number of rotatable bonds is 4. The van der Waals surface area contributed by atoms with E-state index in [1.165, 1.54) is 6.07 Å². The molecule has 5 nitrogen and oxygen atoms in total. The molecule has 0 spiro atoms. The van der Waals surface area contributed by atoms with Crippen molar-refractivity contribution in [2.45, 2.75) is 13.3 Å². The number of morpholine rings is 1. The van der Waals surface area contributed by atoms with Crippen molar-refractivity contribution in [1.29, 1.82) is 0 Å². The largest absolute Gasteiger partial charge is 0.384 e. The van der Waals surface area contributed by atoms with E-state index in [1.54, 1.807) is 18.2 Å². The van der Waals surface area contributed by atoms with Gasteiger partial charge in [-0.25, -0.2) is 14.4 Å². The fourth-order valence-electron chi connectivity index (χ4n) is 3.55. The van der Waals surface area contributed by atoms with Crippen LogP contribution in [0, 0.1) is 5.82 Å². The normalized spacial score (nSPS) is 14.3. The van der Waals surface area contributed by atoms with E-state index < -0.39 is 0 Å². The van der Waals surface area contributed by atoms with Gasteiger partial charge in [0.2, 0.25) is 0 Å². The van der Waals surface area contributed by atoms with E-state index in [2.05, 4.69) is 14.9 Å². The van der Waals surface area contributed by atoms with E-state index in [0.717, 1.165) is 60.1 Å². The number of halogens is 1. The summed E-state index contributed by atoms with van der Waals surface area (Å²) in [4.78, 5) is 11.3. The maximum absolute atomic E-state index is 14.1. The third-order valence-electron chi connectivity index (χ3n) is 5.00. The van der Waals surface area contributed by atoms with Crippen LogP contribution >= 0.6 is 0 Å². The van der Waals surface area contributed by atoms with Crippen LogP contribution in [-0.2, 0) is 11.2 Å². The van der Waals surface area contributed by atoms with Gasteiger partial charge in [-0.15, -0.1) is 0 Å². The molecule has 1 aromatic carbocycles. The third-order valence-corrected chi connectivity index (χ3v) is 5.00. The lowest BCUT2D eigenvalue weighted by atomic mass is 9.93. The summed E-state index contributed by atoms with van der Waals surface area (Å²) in [5.74, 6) is 1.12. The molecule has 0 aliphatic carbocycles. The van der Waals surface area contributed by atoms with Gasteiger partial charge in [-0.2, -0.15) is 0 Å². The lowest BCUT2D eigenvalue weighted by Gasteiger charge is -2.27. The van der Waals surface area contributed by atoms with Crippen LogP contribution in [0.15, 0.2) is 48.7 Å². The zero-order valence-electron chi connectivity index (χ0n) is 15.9. The fraction of sp³-hybridized carbons (Fsp3) is 0.273. The molecule has 144 valence electrons. The highest BCUT2D eigenvalue weighted by Gasteiger charge is 2.15. The number of aryl methyl sites for hydroxylation is 1. The first-order valence-electron chi connectivity index (χ1n) is 9.50. The molecular formula is C22H23FN4O. The maximum Gasteiger partial charge on any atom is 0.128 e. The van der Waals surface area contributed by atoms with Crippen LogP contribution in [-0.4, -0.2) is 36.3 Å². The summed E-state index contributed by atoms with van der Waals surface area (Å²) in [5, 5.41) is 0. The van der Waals surface area contributed by atoms with Gasteiger partial charge in [-0.05, 0) is 53.9 Å². The van der Waals surface area contributed by atoms with Crippen molar-refractivity contribution >= 4 is 11.6 Å². The van der Waals surface area contributed by atoms with Gasteiger partial charge in [0, 0.05) is 30.4 Å². The molecule has 2 aromatic heterocycles. The summed E-state index contributed by atoms with van der Waals surface area (Å²) in [7, 11) is 0. The molecule has 0 radical (unpaired) electrons. The van der Waals surface area contributed by atoms with Crippen molar-refractivity contribution < 1.29 is 9.13 Å². The molecular weight excluding hydrogens is 355 g/mol. The molecule has 1 aliphatic heterocycles. The van der Waals surface area contributed by atoms with Crippen molar-refractivity contribution in [3.63, 3.8) is 0 Å². The van der Waals surface area contributed by atoms with Gasteiger partial charge in [-0.3, -0.25) is 0 Å². The first kappa shape index (κ1) is 18.4. The van der Waals surface area contributed by atoms with Crippen molar-refractivity contribution in [1.82, 2.24) is 9.97 Å². The number of nitrogens with two attached hydrogens (primary N) is 1. The molecule has 4 rings (SSSR count).